The van der Waals surface area contributed by atoms with Gasteiger partial charge >= 0.3 is 0 Å². The zero-order valence-corrected chi connectivity index (χ0v) is 14.4. The molecule has 1 aromatic carbocycles. The average Bonchev–Trinajstić information content (AvgIpc) is 2.46. The van der Waals surface area contributed by atoms with Crippen LogP contribution in [0.5, 0.6) is 5.75 Å². The Hall–Kier alpha value is -1.06. The molecule has 0 saturated carbocycles. The molecule has 21 heavy (non-hydrogen) atoms. The highest BCUT2D eigenvalue weighted by atomic mass is 16.5. The van der Waals surface area contributed by atoms with Gasteiger partial charge in [0, 0.05) is 24.2 Å². The average molecular weight is 292 g/mol. The molecule has 0 heterocycles. The summed E-state index contributed by atoms with van der Waals surface area (Å²) >= 11 is 0. The van der Waals surface area contributed by atoms with Crippen LogP contribution in [0, 0.1) is 6.92 Å². The van der Waals surface area contributed by atoms with Crippen LogP contribution in [0.15, 0.2) is 18.2 Å². The molecule has 0 aliphatic rings. The molecule has 1 rings (SSSR count). The molecule has 0 amide bonds. The summed E-state index contributed by atoms with van der Waals surface area (Å²) in [6.45, 7) is 10.8. The fourth-order valence-corrected chi connectivity index (χ4v) is 2.62. The van der Waals surface area contributed by atoms with Gasteiger partial charge in [-0.2, -0.15) is 0 Å². The Morgan fingerprint density at radius 2 is 1.95 bits per heavy atom. The number of benzene rings is 1. The van der Waals surface area contributed by atoms with E-state index in [-0.39, 0.29) is 6.04 Å². The first kappa shape index (κ1) is 18.0. The third-order valence-corrected chi connectivity index (χ3v) is 4.00. The highest BCUT2D eigenvalue weighted by Crippen LogP contribution is 2.26. The number of hydrogen-bond acceptors (Lipinski definition) is 3. The maximum atomic E-state index is 6.46. The van der Waals surface area contributed by atoms with E-state index in [1.807, 2.05) is 6.07 Å². The lowest BCUT2D eigenvalue weighted by atomic mass is 10.0. The number of hydrogen-bond donors (Lipinski definition) is 1. The molecule has 0 saturated heterocycles. The Morgan fingerprint density at radius 3 is 2.52 bits per heavy atom. The van der Waals surface area contributed by atoms with E-state index in [1.165, 1.54) is 24.8 Å². The molecule has 2 N–H and O–H groups in total. The number of ether oxygens (including phenoxy) is 1. The smallest absolute Gasteiger partial charge is 0.123 e. The van der Waals surface area contributed by atoms with E-state index in [9.17, 15) is 0 Å². The first-order valence-corrected chi connectivity index (χ1v) is 8.13. The van der Waals surface area contributed by atoms with Gasteiger partial charge in [-0.3, -0.25) is 4.90 Å². The van der Waals surface area contributed by atoms with Gasteiger partial charge in [0.25, 0.3) is 0 Å². The highest BCUT2D eigenvalue weighted by Gasteiger charge is 2.18. The summed E-state index contributed by atoms with van der Waals surface area (Å²) in [6.07, 6.45) is 3.78. The number of methoxy groups -OCH3 is 1. The summed E-state index contributed by atoms with van der Waals surface area (Å²) in [5, 5.41) is 0. The topological polar surface area (TPSA) is 38.5 Å². The Balaban J connectivity index is 2.76. The van der Waals surface area contributed by atoms with E-state index in [4.69, 9.17) is 10.5 Å². The lowest BCUT2D eigenvalue weighted by molar-refractivity contribution is 0.203. The van der Waals surface area contributed by atoms with Gasteiger partial charge in [-0.15, -0.1) is 0 Å². The van der Waals surface area contributed by atoms with Gasteiger partial charge in [0.1, 0.15) is 5.75 Å². The van der Waals surface area contributed by atoms with Crippen molar-refractivity contribution in [1.82, 2.24) is 4.90 Å². The lowest BCUT2D eigenvalue weighted by Crippen LogP contribution is -2.38. The normalized spacial score (nSPS) is 13.0. The van der Waals surface area contributed by atoms with Crippen LogP contribution >= 0.6 is 0 Å². The van der Waals surface area contributed by atoms with Crippen molar-refractivity contribution in [3.8, 4) is 5.75 Å². The Morgan fingerprint density at radius 1 is 1.24 bits per heavy atom. The molecule has 0 fully saturated rings. The van der Waals surface area contributed by atoms with Crippen LogP contribution in [0.4, 0.5) is 0 Å². The van der Waals surface area contributed by atoms with E-state index >= 15 is 0 Å². The summed E-state index contributed by atoms with van der Waals surface area (Å²) in [5.74, 6) is 0.894. The third kappa shape index (κ3) is 5.68. The van der Waals surface area contributed by atoms with E-state index in [0.29, 0.717) is 6.04 Å². The van der Waals surface area contributed by atoms with Crippen LogP contribution in [0.3, 0.4) is 0 Å². The number of nitrogens with zero attached hydrogens (tertiary/aromatic N) is 1. The monoisotopic (exact) mass is 292 g/mol. The third-order valence-electron chi connectivity index (χ3n) is 4.00. The molecular weight excluding hydrogens is 260 g/mol. The quantitative estimate of drug-likeness (QED) is 0.701. The van der Waals surface area contributed by atoms with Crippen LogP contribution in [0.25, 0.3) is 0 Å². The predicted molar refractivity (Wildman–Crippen MR) is 90.9 cm³/mol. The highest BCUT2D eigenvalue weighted by molar-refractivity contribution is 5.39. The van der Waals surface area contributed by atoms with Gasteiger partial charge in [-0.05, 0) is 39.8 Å². The molecule has 3 heteroatoms. The van der Waals surface area contributed by atoms with Crippen LogP contribution in [0.2, 0.25) is 0 Å². The molecule has 1 atom stereocenters. The minimum atomic E-state index is -0.0103. The van der Waals surface area contributed by atoms with E-state index < -0.39 is 0 Å². The predicted octanol–water partition coefficient (Wildman–Crippen LogP) is 3.90. The number of rotatable bonds is 9. The first-order valence-electron chi connectivity index (χ1n) is 8.13. The standard InChI is InChI=1S/C18H32N2O/c1-6-7-8-11-20(14(2)3)13-17(19)16-12-15(4)9-10-18(16)21-5/h9-10,12,14,17H,6-8,11,13,19H2,1-5H3. The Bertz CT molecular complexity index is 418. The van der Waals surface area contributed by atoms with Crippen molar-refractivity contribution in [2.75, 3.05) is 20.2 Å². The van der Waals surface area contributed by atoms with Crippen molar-refractivity contribution in [3.63, 3.8) is 0 Å². The second kappa shape index (κ2) is 9.06. The van der Waals surface area contributed by atoms with Crippen LogP contribution in [-0.4, -0.2) is 31.1 Å². The number of unbranched alkanes of at least 4 members (excludes halogenated alkanes) is 2. The molecule has 0 aromatic heterocycles. The van der Waals surface area contributed by atoms with E-state index in [1.54, 1.807) is 7.11 Å². The van der Waals surface area contributed by atoms with Crippen molar-refractivity contribution in [1.29, 1.82) is 0 Å². The van der Waals surface area contributed by atoms with Gasteiger partial charge in [-0.25, -0.2) is 0 Å². The molecule has 0 bridgehead atoms. The van der Waals surface area contributed by atoms with Gasteiger partial charge in [-0.1, -0.05) is 37.5 Å². The zero-order valence-electron chi connectivity index (χ0n) is 14.4. The van der Waals surface area contributed by atoms with Gasteiger partial charge in [0.15, 0.2) is 0 Å². The molecule has 1 unspecified atom stereocenters. The van der Waals surface area contributed by atoms with Gasteiger partial charge < -0.3 is 10.5 Å². The van der Waals surface area contributed by atoms with Crippen LogP contribution in [0.1, 0.15) is 57.2 Å². The summed E-state index contributed by atoms with van der Waals surface area (Å²) in [6, 6.07) is 6.74. The summed E-state index contributed by atoms with van der Waals surface area (Å²) < 4.78 is 5.46. The maximum absolute atomic E-state index is 6.46. The maximum Gasteiger partial charge on any atom is 0.123 e. The molecule has 3 nitrogen and oxygen atoms in total. The summed E-state index contributed by atoms with van der Waals surface area (Å²) in [5.41, 5.74) is 8.80. The molecule has 0 spiro atoms. The second-order valence-corrected chi connectivity index (χ2v) is 6.15. The van der Waals surface area contributed by atoms with Crippen molar-refractivity contribution in [3.05, 3.63) is 29.3 Å². The fraction of sp³-hybridized carbons (Fsp3) is 0.667. The van der Waals surface area contributed by atoms with Gasteiger partial charge in [0.05, 0.1) is 7.11 Å². The van der Waals surface area contributed by atoms with Gasteiger partial charge in [0.2, 0.25) is 0 Å². The first-order chi connectivity index (χ1) is 9.99. The molecule has 1 aromatic rings. The Kier molecular flexibility index (Phi) is 7.76. The number of nitrogens with two attached hydrogens (primary N) is 1. The van der Waals surface area contributed by atoms with Crippen molar-refractivity contribution < 1.29 is 4.74 Å². The minimum Gasteiger partial charge on any atom is -0.496 e. The lowest BCUT2D eigenvalue weighted by Gasteiger charge is -2.30. The second-order valence-electron chi connectivity index (χ2n) is 6.15. The van der Waals surface area contributed by atoms with E-state index in [2.05, 4.69) is 44.7 Å². The molecule has 0 radical (unpaired) electrons. The molecule has 0 aliphatic heterocycles. The van der Waals surface area contributed by atoms with E-state index in [0.717, 1.165) is 24.4 Å². The number of aryl methyl sites for hydroxylation is 1. The van der Waals surface area contributed by atoms with Crippen molar-refractivity contribution >= 4 is 0 Å². The minimum absolute atomic E-state index is 0.0103. The molecule has 0 aliphatic carbocycles. The zero-order chi connectivity index (χ0) is 15.8. The SMILES string of the molecule is CCCCCN(CC(N)c1cc(C)ccc1OC)C(C)C. The largest absolute Gasteiger partial charge is 0.496 e. The summed E-state index contributed by atoms with van der Waals surface area (Å²) in [7, 11) is 1.71. The van der Waals surface area contributed by atoms with Crippen molar-refractivity contribution in [2.45, 2.75) is 59.0 Å². The summed E-state index contributed by atoms with van der Waals surface area (Å²) in [4.78, 5) is 2.47. The van der Waals surface area contributed by atoms with Crippen LogP contribution < -0.4 is 10.5 Å². The van der Waals surface area contributed by atoms with Crippen LogP contribution in [-0.2, 0) is 0 Å². The molecule has 120 valence electrons. The Labute approximate surface area is 130 Å². The van der Waals surface area contributed by atoms with Crippen molar-refractivity contribution in [2.24, 2.45) is 5.73 Å². The molecular formula is C18H32N2O. The fourth-order valence-electron chi connectivity index (χ4n) is 2.62.